The van der Waals surface area contributed by atoms with Crippen molar-refractivity contribution in [3.63, 3.8) is 0 Å². The Bertz CT molecular complexity index is 751. The first-order valence-corrected chi connectivity index (χ1v) is 9.66. The molecule has 0 aromatic heterocycles. The van der Waals surface area contributed by atoms with Crippen LogP contribution in [0.3, 0.4) is 0 Å². The number of hydrogen-bond acceptors (Lipinski definition) is 2. The topological polar surface area (TPSA) is 32.3 Å². The summed E-state index contributed by atoms with van der Waals surface area (Å²) >= 11 is 3.49. The third-order valence-electron chi connectivity index (χ3n) is 5.04. The normalized spacial score (nSPS) is 16.0. The standard InChI is InChI=1S/C21H25BrN2O/c1-15-5-3-4-6-18(15)14-24-11-9-17(10-12-24)21(25)23-19-7-8-20(22)16(2)13-19/h3-8,13,17H,9-12,14H2,1-2H3,(H,23,25). The predicted octanol–water partition coefficient (Wildman–Crippen LogP) is 4.92. The molecule has 1 fully saturated rings. The molecule has 0 unspecified atom stereocenters. The van der Waals surface area contributed by atoms with Gasteiger partial charge in [0.25, 0.3) is 0 Å². The van der Waals surface area contributed by atoms with Gasteiger partial charge in [-0.3, -0.25) is 9.69 Å². The summed E-state index contributed by atoms with van der Waals surface area (Å²) in [5.74, 6) is 0.259. The van der Waals surface area contributed by atoms with Crippen LogP contribution in [0.4, 0.5) is 5.69 Å². The van der Waals surface area contributed by atoms with Crippen LogP contribution in [0.15, 0.2) is 46.9 Å². The largest absolute Gasteiger partial charge is 0.326 e. The molecule has 2 aromatic carbocycles. The second-order valence-corrected chi connectivity index (χ2v) is 7.78. The maximum absolute atomic E-state index is 12.5. The second kappa shape index (κ2) is 8.15. The van der Waals surface area contributed by atoms with E-state index in [1.165, 1.54) is 11.1 Å². The molecule has 1 saturated heterocycles. The number of nitrogens with one attached hydrogen (secondary N) is 1. The SMILES string of the molecule is Cc1cc(NC(=O)C2CCN(Cc3ccccc3C)CC2)ccc1Br. The highest BCUT2D eigenvalue weighted by Crippen LogP contribution is 2.24. The summed E-state index contributed by atoms with van der Waals surface area (Å²) in [4.78, 5) is 15.0. The molecular formula is C21H25BrN2O. The number of anilines is 1. The third-order valence-corrected chi connectivity index (χ3v) is 5.93. The number of hydrogen-bond donors (Lipinski definition) is 1. The van der Waals surface area contributed by atoms with E-state index in [4.69, 9.17) is 0 Å². The van der Waals surface area contributed by atoms with Crippen molar-refractivity contribution in [1.29, 1.82) is 0 Å². The number of halogens is 1. The van der Waals surface area contributed by atoms with Crippen LogP contribution in [0, 0.1) is 19.8 Å². The molecule has 2 aromatic rings. The van der Waals surface area contributed by atoms with Gasteiger partial charge in [-0.1, -0.05) is 40.2 Å². The van der Waals surface area contributed by atoms with E-state index in [9.17, 15) is 4.79 Å². The summed E-state index contributed by atoms with van der Waals surface area (Å²) < 4.78 is 1.06. The Morgan fingerprint density at radius 3 is 2.52 bits per heavy atom. The Hall–Kier alpha value is -1.65. The number of likely N-dealkylation sites (tertiary alicyclic amines) is 1. The van der Waals surface area contributed by atoms with Gasteiger partial charge in [0.2, 0.25) is 5.91 Å². The highest BCUT2D eigenvalue weighted by atomic mass is 79.9. The van der Waals surface area contributed by atoms with E-state index in [1.807, 2.05) is 25.1 Å². The summed E-state index contributed by atoms with van der Waals surface area (Å²) in [6.45, 7) is 7.13. The van der Waals surface area contributed by atoms with Gasteiger partial charge >= 0.3 is 0 Å². The molecule has 4 heteroatoms. The van der Waals surface area contributed by atoms with Gasteiger partial charge in [-0.25, -0.2) is 0 Å². The Morgan fingerprint density at radius 2 is 1.84 bits per heavy atom. The van der Waals surface area contributed by atoms with Gasteiger partial charge in [-0.05, 0) is 74.7 Å². The predicted molar refractivity (Wildman–Crippen MR) is 107 cm³/mol. The summed E-state index contributed by atoms with van der Waals surface area (Å²) in [5.41, 5.74) is 4.74. The van der Waals surface area contributed by atoms with Crippen molar-refractivity contribution in [2.45, 2.75) is 33.2 Å². The van der Waals surface area contributed by atoms with E-state index in [0.717, 1.165) is 48.2 Å². The van der Waals surface area contributed by atoms with Crippen molar-refractivity contribution in [3.05, 3.63) is 63.6 Å². The molecule has 3 rings (SSSR count). The van der Waals surface area contributed by atoms with Crippen LogP contribution in [0.1, 0.15) is 29.5 Å². The lowest BCUT2D eigenvalue weighted by molar-refractivity contribution is -0.121. The zero-order valence-corrected chi connectivity index (χ0v) is 16.5. The number of amides is 1. The highest BCUT2D eigenvalue weighted by molar-refractivity contribution is 9.10. The van der Waals surface area contributed by atoms with Gasteiger partial charge in [-0.2, -0.15) is 0 Å². The van der Waals surface area contributed by atoms with Gasteiger partial charge < -0.3 is 5.32 Å². The Kier molecular flexibility index (Phi) is 5.92. The summed E-state index contributed by atoms with van der Waals surface area (Å²) in [7, 11) is 0. The molecule has 0 aliphatic carbocycles. The number of benzene rings is 2. The molecule has 0 radical (unpaired) electrons. The van der Waals surface area contributed by atoms with Crippen molar-refractivity contribution >= 4 is 27.5 Å². The third kappa shape index (κ3) is 4.71. The van der Waals surface area contributed by atoms with E-state index in [0.29, 0.717) is 0 Å². The first-order chi connectivity index (χ1) is 12.0. The summed E-state index contributed by atoms with van der Waals surface area (Å²) in [6.07, 6.45) is 1.85. The van der Waals surface area contributed by atoms with Gasteiger partial charge in [0.15, 0.2) is 0 Å². The quantitative estimate of drug-likeness (QED) is 0.789. The average Bonchev–Trinajstić information content (AvgIpc) is 2.61. The molecule has 1 amide bonds. The lowest BCUT2D eigenvalue weighted by Gasteiger charge is -2.31. The molecule has 25 heavy (non-hydrogen) atoms. The highest BCUT2D eigenvalue weighted by Gasteiger charge is 2.25. The molecule has 132 valence electrons. The molecule has 0 spiro atoms. The van der Waals surface area contributed by atoms with Crippen LogP contribution in [0.2, 0.25) is 0 Å². The molecule has 0 saturated carbocycles. The molecule has 1 N–H and O–H groups in total. The van der Waals surface area contributed by atoms with Gasteiger partial charge in [-0.15, -0.1) is 0 Å². The van der Waals surface area contributed by atoms with Crippen LogP contribution in [0.5, 0.6) is 0 Å². The Balaban J connectivity index is 1.52. The fourth-order valence-electron chi connectivity index (χ4n) is 3.35. The first kappa shape index (κ1) is 18.2. The number of rotatable bonds is 4. The van der Waals surface area contributed by atoms with Crippen LogP contribution >= 0.6 is 15.9 Å². The van der Waals surface area contributed by atoms with Gasteiger partial charge in [0.05, 0.1) is 0 Å². The molecule has 3 nitrogen and oxygen atoms in total. The van der Waals surface area contributed by atoms with Gasteiger partial charge in [0.1, 0.15) is 0 Å². The minimum atomic E-state index is 0.108. The van der Waals surface area contributed by atoms with Crippen molar-refractivity contribution in [2.75, 3.05) is 18.4 Å². The van der Waals surface area contributed by atoms with Crippen molar-refractivity contribution in [3.8, 4) is 0 Å². The second-order valence-electron chi connectivity index (χ2n) is 6.93. The van der Waals surface area contributed by atoms with Crippen LogP contribution in [-0.2, 0) is 11.3 Å². The Labute approximate surface area is 158 Å². The van der Waals surface area contributed by atoms with E-state index in [1.54, 1.807) is 0 Å². The van der Waals surface area contributed by atoms with Gasteiger partial charge in [0, 0.05) is 22.6 Å². The van der Waals surface area contributed by atoms with Crippen LogP contribution in [0.25, 0.3) is 0 Å². The smallest absolute Gasteiger partial charge is 0.227 e. The number of carbonyl (C=O) groups is 1. The van der Waals surface area contributed by atoms with E-state index >= 15 is 0 Å². The minimum Gasteiger partial charge on any atom is -0.326 e. The molecule has 0 bridgehead atoms. The monoisotopic (exact) mass is 400 g/mol. The lowest BCUT2D eigenvalue weighted by atomic mass is 9.95. The molecule has 1 aliphatic rings. The van der Waals surface area contributed by atoms with E-state index in [-0.39, 0.29) is 11.8 Å². The van der Waals surface area contributed by atoms with Crippen LogP contribution < -0.4 is 5.32 Å². The summed E-state index contributed by atoms with van der Waals surface area (Å²) in [6, 6.07) is 14.5. The maximum atomic E-state index is 12.5. The fraction of sp³-hybridized carbons (Fsp3) is 0.381. The maximum Gasteiger partial charge on any atom is 0.227 e. The Morgan fingerprint density at radius 1 is 1.12 bits per heavy atom. The van der Waals surface area contributed by atoms with Crippen LogP contribution in [-0.4, -0.2) is 23.9 Å². The van der Waals surface area contributed by atoms with Crippen molar-refractivity contribution < 1.29 is 4.79 Å². The molecular weight excluding hydrogens is 376 g/mol. The molecule has 1 aliphatic heterocycles. The van der Waals surface area contributed by atoms with Crippen molar-refractivity contribution in [2.24, 2.45) is 5.92 Å². The van der Waals surface area contributed by atoms with E-state index in [2.05, 4.69) is 57.3 Å². The molecule has 1 heterocycles. The number of piperidine rings is 1. The van der Waals surface area contributed by atoms with E-state index < -0.39 is 0 Å². The number of aryl methyl sites for hydroxylation is 2. The molecule has 0 atom stereocenters. The van der Waals surface area contributed by atoms with Crippen molar-refractivity contribution in [1.82, 2.24) is 4.90 Å². The zero-order valence-electron chi connectivity index (χ0n) is 14.9. The lowest BCUT2D eigenvalue weighted by Crippen LogP contribution is -2.37. The number of carbonyl (C=O) groups excluding carboxylic acids is 1. The average molecular weight is 401 g/mol. The minimum absolute atomic E-state index is 0.108. The number of nitrogens with zero attached hydrogens (tertiary/aromatic N) is 1. The summed E-state index contributed by atoms with van der Waals surface area (Å²) in [5, 5.41) is 3.08. The first-order valence-electron chi connectivity index (χ1n) is 8.87. The fourth-order valence-corrected chi connectivity index (χ4v) is 3.60. The zero-order chi connectivity index (χ0) is 17.8.